The van der Waals surface area contributed by atoms with E-state index in [1.165, 1.54) is 0 Å². The predicted molar refractivity (Wildman–Crippen MR) is 80.9 cm³/mol. The Morgan fingerprint density at radius 1 is 0.913 bits per heavy atom. The SMILES string of the molecule is O=C(/C=C/Nc1ccc(N=Nc2ccccc2)cc1)C(F)(F)F. The molecule has 4 nitrogen and oxygen atoms in total. The van der Waals surface area contributed by atoms with Crippen molar-refractivity contribution in [1.82, 2.24) is 0 Å². The number of hydrogen-bond donors (Lipinski definition) is 1. The number of carbonyl (C=O) groups is 1. The quantitative estimate of drug-likeness (QED) is 0.611. The van der Waals surface area contributed by atoms with E-state index in [0.29, 0.717) is 23.1 Å². The Labute approximate surface area is 130 Å². The van der Waals surface area contributed by atoms with E-state index in [9.17, 15) is 18.0 Å². The normalized spacial score (nSPS) is 12.0. The lowest BCUT2D eigenvalue weighted by Gasteiger charge is -2.02. The van der Waals surface area contributed by atoms with Crippen LogP contribution in [0, 0.1) is 0 Å². The zero-order valence-corrected chi connectivity index (χ0v) is 11.8. The minimum absolute atomic E-state index is 0.434. The van der Waals surface area contributed by atoms with Crippen molar-refractivity contribution in [2.75, 3.05) is 5.32 Å². The topological polar surface area (TPSA) is 53.8 Å². The Kier molecular flexibility index (Phi) is 5.24. The van der Waals surface area contributed by atoms with Gasteiger partial charge in [-0.2, -0.15) is 23.4 Å². The summed E-state index contributed by atoms with van der Waals surface area (Å²) >= 11 is 0. The van der Waals surface area contributed by atoms with E-state index in [-0.39, 0.29) is 0 Å². The fourth-order valence-corrected chi connectivity index (χ4v) is 1.54. The van der Waals surface area contributed by atoms with Crippen LogP contribution in [0.5, 0.6) is 0 Å². The van der Waals surface area contributed by atoms with Gasteiger partial charge >= 0.3 is 6.18 Å². The highest BCUT2D eigenvalue weighted by Gasteiger charge is 2.35. The summed E-state index contributed by atoms with van der Waals surface area (Å²) in [5, 5.41) is 10.6. The molecule has 7 heteroatoms. The first-order valence-electron chi connectivity index (χ1n) is 6.56. The van der Waals surface area contributed by atoms with Crippen molar-refractivity contribution in [1.29, 1.82) is 0 Å². The second kappa shape index (κ2) is 7.35. The molecule has 0 fully saturated rings. The Hall–Kier alpha value is -2.96. The first-order valence-corrected chi connectivity index (χ1v) is 6.56. The van der Waals surface area contributed by atoms with Crippen LogP contribution < -0.4 is 5.32 Å². The molecule has 0 aliphatic carbocycles. The summed E-state index contributed by atoms with van der Waals surface area (Å²) < 4.78 is 36.0. The molecule has 0 bridgehead atoms. The number of nitrogens with one attached hydrogen (secondary N) is 1. The molecule has 0 radical (unpaired) electrons. The Morgan fingerprint density at radius 3 is 2.04 bits per heavy atom. The second-order valence-corrected chi connectivity index (χ2v) is 4.42. The molecule has 0 atom stereocenters. The van der Waals surface area contributed by atoms with Crippen molar-refractivity contribution < 1.29 is 18.0 Å². The van der Waals surface area contributed by atoms with Crippen molar-refractivity contribution in [2.45, 2.75) is 6.18 Å². The third-order valence-electron chi connectivity index (χ3n) is 2.67. The van der Waals surface area contributed by atoms with Crippen LogP contribution in [0.4, 0.5) is 30.2 Å². The van der Waals surface area contributed by atoms with Crippen LogP contribution in [0.15, 0.2) is 77.1 Å². The zero-order valence-electron chi connectivity index (χ0n) is 11.8. The van der Waals surface area contributed by atoms with Crippen LogP contribution in [0.25, 0.3) is 0 Å². The molecular formula is C16H12F3N3O. The number of nitrogens with zero attached hydrogens (tertiary/aromatic N) is 2. The minimum atomic E-state index is -4.86. The van der Waals surface area contributed by atoms with E-state index < -0.39 is 12.0 Å². The molecule has 1 N–H and O–H groups in total. The van der Waals surface area contributed by atoms with Crippen LogP contribution in [-0.2, 0) is 4.79 Å². The van der Waals surface area contributed by atoms with Gasteiger partial charge in [-0.15, -0.1) is 0 Å². The highest BCUT2D eigenvalue weighted by Crippen LogP contribution is 2.20. The summed E-state index contributed by atoms with van der Waals surface area (Å²) in [4.78, 5) is 10.6. The second-order valence-electron chi connectivity index (χ2n) is 4.42. The van der Waals surface area contributed by atoms with Crippen molar-refractivity contribution in [3.8, 4) is 0 Å². The van der Waals surface area contributed by atoms with Gasteiger partial charge in [-0.25, -0.2) is 0 Å². The summed E-state index contributed by atoms with van der Waals surface area (Å²) in [7, 11) is 0. The van der Waals surface area contributed by atoms with Crippen LogP contribution in [0.3, 0.4) is 0 Å². The van der Waals surface area contributed by atoms with Gasteiger partial charge in [-0.1, -0.05) is 18.2 Å². The first-order chi connectivity index (χ1) is 10.9. The third kappa shape index (κ3) is 5.39. The highest BCUT2D eigenvalue weighted by molar-refractivity contribution is 5.94. The molecule has 0 saturated heterocycles. The van der Waals surface area contributed by atoms with Gasteiger partial charge in [0.15, 0.2) is 0 Å². The maximum Gasteiger partial charge on any atom is 0.454 e. The van der Waals surface area contributed by atoms with E-state index >= 15 is 0 Å². The average Bonchev–Trinajstić information content (AvgIpc) is 2.54. The molecule has 2 rings (SSSR count). The fraction of sp³-hybridized carbons (Fsp3) is 0.0625. The largest absolute Gasteiger partial charge is 0.454 e. The van der Waals surface area contributed by atoms with Crippen LogP contribution in [-0.4, -0.2) is 12.0 Å². The number of rotatable bonds is 5. The summed E-state index contributed by atoms with van der Waals surface area (Å²) in [5.74, 6) is -1.92. The average molecular weight is 319 g/mol. The molecule has 0 unspecified atom stereocenters. The summed E-state index contributed by atoms with van der Waals surface area (Å²) in [6, 6.07) is 15.7. The smallest absolute Gasteiger partial charge is 0.362 e. The number of azo groups is 1. The van der Waals surface area contributed by atoms with E-state index in [0.717, 1.165) is 6.20 Å². The van der Waals surface area contributed by atoms with E-state index in [1.54, 1.807) is 24.3 Å². The lowest BCUT2D eigenvalue weighted by molar-refractivity contribution is -0.165. The summed E-state index contributed by atoms with van der Waals surface area (Å²) in [6.45, 7) is 0. The van der Waals surface area contributed by atoms with Gasteiger partial charge in [0.25, 0.3) is 5.78 Å². The first kappa shape index (κ1) is 16.4. The molecule has 0 aliphatic heterocycles. The lowest BCUT2D eigenvalue weighted by atomic mass is 10.3. The summed E-state index contributed by atoms with van der Waals surface area (Å²) in [6.07, 6.45) is -3.49. The van der Waals surface area contributed by atoms with E-state index in [4.69, 9.17) is 0 Å². The van der Waals surface area contributed by atoms with Gasteiger partial charge in [-0.05, 0) is 36.4 Å². The van der Waals surface area contributed by atoms with E-state index in [1.807, 2.05) is 30.3 Å². The van der Waals surface area contributed by atoms with Gasteiger partial charge in [0.1, 0.15) is 0 Å². The van der Waals surface area contributed by atoms with Gasteiger partial charge in [0, 0.05) is 18.0 Å². The molecule has 2 aromatic carbocycles. The maximum atomic E-state index is 12.0. The Balaban J connectivity index is 1.94. The molecule has 0 aliphatic rings. The molecule has 0 spiro atoms. The predicted octanol–water partition coefficient (Wildman–Crippen LogP) is 5.16. The number of alkyl halides is 3. The molecule has 118 valence electrons. The number of hydrogen-bond acceptors (Lipinski definition) is 4. The lowest BCUT2D eigenvalue weighted by Crippen LogP contribution is -2.20. The van der Waals surface area contributed by atoms with E-state index in [2.05, 4.69) is 15.5 Å². The molecule has 0 heterocycles. The van der Waals surface area contributed by atoms with Crippen LogP contribution in [0.1, 0.15) is 0 Å². The van der Waals surface area contributed by atoms with Crippen LogP contribution in [0.2, 0.25) is 0 Å². The molecule has 0 amide bonds. The molecule has 23 heavy (non-hydrogen) atoms. The van der Waals surface area contributed by atoms with Crippen molar-refractivity contribution in [3.05, 3.63) is 66.9 Å². The number of anilines is 1. The highest BCUT2D eigenvalue weighted by atomic mass is 19.4. The number of carbonyl (C=O) groups excluding carboxylic acids is 1. The number of ketones is 1. The minimum Gasteiger partial charge on any atom is -0.362 e. The third-order valence-corrected chi connectivity index (χ3v) is 2.67. The van der Waals surface area contributed by atoms with Gasteiger partial charge in [-0.3, -0.25) is 4.79 Å². The number of allylic oxidation sites excluding steroid dienone is 1. The fourth-order valence-electron chi connectivity index (χ4n) is 1.54. The van der Waals surface area contributed by atoms with Crippen LogP contribution >= 0.6 is 0 Å². The maximum absolute atomic E-state index is 12.0. The van der Waals surface area contributed by atoms with Crippen molar-refractivity contribution in [3.63, 3.8) is 0 Å². The molecular weight excluding hydrogens is 307 g/mol. The number of benzene rings is 2. The standard InChI is InChI=1S/C16H12F3N3O/c17-16(18,19)15(23)10-11-20-12-6-8-14(9-7-12)22-21-13-4-2-1-3-5-13/h1-11,20H/b11-10+,22-21?. The Bertz CT molecular complexity index is 708. The van der Waals surface area contributed by atoms with Gasteiger partial charge in [0.05, 0.1) is 11.4 Å². The van der Waals surface area contributed by atoms with Crippen molar-refractivity contribution in [2.24, 2.45) is 10.2 Å². The number of halogens is 3. The molecule has 0 aromatic heterocycles. The molecule has 0 saturated carbocycles. The Morgan fingerprint density at radius 2 is 1.48 bits per heavy atom. The van der Waals surface area contributed by atoms with Gasteiger partial charge < -0.3 is 5.32 Å². The summed E-state index contributed by atoms with van der Waals surface area (Å²) in [5.41, 5.74) is 1.83. The monoisotopic (exact) mass is 319 g/mol. The van der Waals surface area contributed by atoms with Crippen molar-refractivity contribution >= 4 is 22.8 Å². The van der Waals surface area contributed by atoms with Gasteiger partial charge in [0.2, 0.25) is 0 Å². The molecule has 2 aromatic rings. The zero-order chi connectivity index (χ0) is 16.7.